The number of amides is 1. The van der Waals surface area contributed by atoms with Crippen LogP contribution in [0.1, 0.15) is 12.8 Å². The Hall–Kier alpha value is -2.23. The van der Waals surface area contributed by atoms with E-state index >= 15 is 0 Å². The van der Waals surface area contributed by atoms with Gasteiger partial charge in [-0.25, -0.2) is 0 Å². The lowest BCUT2D eigenvalue weighted by atomic mass is 10.1. The van der Waals surface area contributed by atoms with Crippen LogP contribution >= 0.6 is 0 Å². The second-order valence-electron chi connectivity index (χ2n) is 4.66. The third-order valence-electron chi connectivity index (χ3n) is 3.38. The molecule has 0 radical (unpaired) electrons. The maximum absolute atomic E-state index is 11.6. The number of fused-ring (bicyclic) bond motifs is 1. The highest BCUT2D eigenvalue weighted by Gasteiger charge is 2.20. The number of hydrogen-bond donors (Lipinski definition) is 1. The van der Waals surface area contributed by atoms with Gasteiger partial charge in [-0.2, -0.15) is 0 Å². The van der Waals surface area contributed by atoms with Gasteiger partial charge in [-0.1, -0.05) is 24.3 Å². The fourth-order valence-electron chi connectivity index (χ4n) is 2.43. The van der Waals surface area contributed by atoms with Crippen molar-refractivity contribution >= 4 is 22.4 Å². The van der Waals surface area contributed by atoms with Crippen LogP contribution in [0.3, 0.4) is 0 Å². The maximum Gasteiger partial charge on any atom is 0.240 e. The lowest BCUT2D eigenvalue weighted by Gasteiger charge is -2.19. The van der Waals surface area contributed by atoms with E-state index in [0.717, 1.165) is 35.2 Å². The predicted octanol–water partition coefficient (Wildman–Crippen LogP) is 2.80. The molecule has 0 aliphatic carbocycles. The van der Waals surface area contributed by atoms with E-state index in [4.69, 9.17) is 4.74 Å². The Morgan fingerprint density at radius 3 is 2.84 bits per heavy atom. The largest absolute Gasteiger partial charge is 0.496 e. The molecule has 0 spiro atoms. The summed E-state index contributed by atoms with van der Waals surface area (Å²) >= 11 is 0. The zero-order valence-electron chi connectivity index (χ0n) is 10.8. The number of methoxy groups -OCH3 is 1. The first-order chi connectivity index (χ1) is 9.28. The Labute approximate surface area is 111 Å². The van der Waals surface area contributed by atoms with Crippen molar-refractivity contribution in [2.24, 2.45) is 0 Å². The minimum Gasteiger partial charge on any atom is -0.496 e. The van der Waals surface area contributed by atoms with Crippen molar-refractivity contribution in [3.8, 4) is 5.75 Å². The molecule has 19 heavy (non-hydrogen) atoms. The number of rotatable bonds is 3. The fraction of sp³-hybridized carbons (Fsp3) is 0.267. The van der Waals surface area contributed by atoms with E-state index in [2.05, 4.69) is 5.43 Å². The number of anilines is 1. The third kappa shape index (κ3) is 2.21. The van der Waals surface area contributed by atoms with Crippen molar-refractivity contribution in [3.63, 3.8) is 0 Å². The molecule has 2 aromatic carbocycles. The van der Waals surface area contributed by atoms with Crippen molar-refractivity contribution in [2.45, 2.75) is 12.8 Å². The van der Waals surface area contributed by atoms with Crippen LogP contribution in [0.25, 0.3) is 10.8 Å². The molecule has 3 rings (SSSR count). The summed E-state index contributed by atoms with van der Waals surface area (Å²) in [6, 6.07) is 12.0. The second-order valence-corrected chi connectivity index (χ2v) is 4.66. The molecule has 98 valence electrons. The molecule has 0 saturated carbocycles. The number of hydrazine groups is 1. The van der Waals surface area contributed by atoms with Crippen LogP contribution in [0.2, 0.25) is 0 Å². The smallest absolute Gasteiger partial charge is 0.240 e. The SMILES string of the molecule is COc1cc(NN2CCCC2=O)cc2ccccc12. The van der Waals surface area contributed by atoms with Gasteiger partial charge >= 0.3 is 0 Å². The Balaban J connectivity index is 1.97. The summed E-state index contributed by atoms with van der Waals surface area (Å²) in [5.41, 5.74) is 4.04. The lowest BCUT2D eigenvalue weighted by molar-refractivity contribution is -0.126. The molecule has 1 heterocycles. The van der Waals surface area contributed by atoms with Gasteiger partial charge in [0.15, 0.2) is 0 Å². The molecular weight excluding hydrogens is 240 g/mol. The van der Waals surface area contributed by atoms with E-state index in [1.807, 2.05) is 36.4 Å². The molecule has 4 heteroatoms. The molecule has 2 aromatic rings. The minimum absolute atomic E-state index is 0.145. The van der Waals surface area contributed by atoms with Gasteiger partial charge in [-0.3, -0.25) is 15.2 Å². The van der Waals surface area contributed by atoms with E-state index < -0.39 is 0 Å². The molecule has 1 saturated heterocycles. The zero-order chi connectivity index (χ0) is 13.2. The van der Waals surface area contributed by atoms with Gasteiger partial charge in [0.1, 0.15) is 5.75 Å². The van der Waals surface area contributed by atoms with Gasteiger partial charge in [0.2, 0.25) is 5.91 Å². The molecule has 1 fully saturated rings. The van der Waals surface area contributed by atoms with Gasteiger partial charge in [0.25, 0.3) is 0 Å². The summed E-state index contributed by atoms with van der Waals surface area (Å²) < 4.78 is 5.42. The molecule has 0 aromatic heterocycles. The first-order valence-electron chi connectivity index (χ1n) is 6.42. The summed E-state index contributed by atoms with van der Waals surface area (Å²) in [6.45, 7) is 0.758. The molecule has 4 nitrogen and oxygen atoms in total. The average Bonchev–Trinajstić information content (AvgIpc) is 2.83. The number of carbonyl (C=O) groups is 1. The van der Waals surface area contributed by atoms with Gasteiger partial charge in [-0.15, -0.1) is 0 Å². The van der Waals surface area contributed by atoms with Gasteiger partial charge in [0, 0.05) is 24.4 Å². The highest BCUT2D eigenvalue weighted by atomic mass is 16.5. The molecule has 1 amide bonds. The van der Waals surface area contributed by atoms with E-state index in [9.17, 15) is 4.79 Å². The Bertz CT molecular complexity index is 625. The van der Waals surface area contributed by atoms with Crippen molar-refractivity contribution < 1.29 is 9.53 Å². The minimum atomic E-state index is 0.145. The first kappa shape index (κ1) is 11.8. The standard InChI is InChI=1S/C15H16N2O2/c1-19-14-10-12(16-17-8-4-7-15(17)18)9-11-5-2-3-6-13(11)14/h2-3,5-6,9-10,16H,4,7-8H2,1H3. The fourth-order valence-corrected chi connectivity index (χ4v) is 2.43. The summed E-state index contributed by atoms with van der Waals surface area (Å²) in [4.78, 5) is 11.6. The van der Waals surface area contributed by atoms with Gasteiger partial charge in [0.05, 0.1) is 12.8 Å². The highest BCUT2D eigenvalue weighted by Crippen LogP contribution is 2.30. The first-order valence-corrected chi connectivity index (χ1v) is 6.42. The second kappa shape index (κ2) is 4.80. The van der Waals surface area contributed by atoms with Gasteiger partial charge in [-0.05, 0) is 17.9 Å². The van der Waals surface area contributed by atoms with E-state index in [1.54, 1.807) is 12.1 Å². The number of carbonyl (C=O) groups excluding carboxylic acids is 1. The topological polar surface area (TPSA) is 41.6 Å². The van der Waals surface area contributed by atoms with Crippen LogP contribution in [0.4, 0.5) is 5.69 Å². The third-order valence-corrected chi connectivity index (χ3v) is 3.38. The summed E-state index contributed by atoms with van der Waals surface area (Å²) in [6.07, 6.45) is 1.54. The molecule has 1 aliphatic heterocycles. The van der Waals surface area contributed by atoms with Crippen LogP contribution in [-0.2, 0) is 4.79 Å². The van der Waals surface area contributed by atoms with Crippen molar-refractivity contribution in [3.05, 3.63) is 36.4 Å². The molecule has 0 bridgehead atoms. The molecule has 0 unspecified atom stereocenters. The monoisotopic (exact) mass is 256 g/mol. The number of nitrogens with one attached hydrogen (secondary N) is 1. The Morgan fingerprint density at radius 2 is 2.11 bits per heavy atom. The molecule has 0 atom stereocenters. The van der Waals surface area contributed by atoms with Crippen LogP contribution in [-0.4, -0.2) is 24.6 Å². The van der Waals surface area contributed by atoms with Crippen LogP contribution in [0.15, 0.2) is 36.4 Å². The van der Waals surface area contributed by atoms with Crippen molar-refractivity contribution in [1.29, 1.82) is 0 Å². The Morgan fingerprint density at radius 1 is 1.26 bits per heavy atom. The Kier molecular flexibility index (Phi) is 2.99. The molecule has 1 aliphatic rings. The quantitative estimate of drug-likeness (QED) is 0.918. The highest BCUT2D eigenvalue weighted by molar-refractivity contribution is 5.92. The van der Waals surface area contributed by atoms with Gasteiger partial charge < -0.3 is 4.74 Å². The zero-order valence-corrected chi connectivity index (χ0v) is 10.8. The molecule has 1 N–H and O–H groups in total. The number of benzene rings is 2. The van der Waals surface area contributed by atoms with E-state index in [1.165, 1.54) is 0 Å². The summed E-state index contributed by atoms with van der Waals surface area (Å²) in [7, 11) is 1.66. The van der Waals surface area contributed by atoms with Crippen LogP contribution in [0, 0.1) is 0 Å². The summed E-state index contributed by atoms with van der Waals surface area (Å²) in [5, 5.41) is 3.84. The van der Waals surface area contributed by atoms with Crippen molar-refractivity contribution in [1.82, 2.24) is 5.01 Å². The normalized spacial score (nSPS) is 15.0. The van der Waals surface area contributed by atoms with Crippen molar-refractivity contribution in [2.75, 3.05) is 19.1 Å². The maximum atomic E-state index is 11.6. The van der Waals surface area contributed by atoms with E-state index in [-0.39, 0.29) is 5.91 Å². The predicted molar refractivity (Wildman–Crippen MR) is 75.1 cm³/mol. The average molecular weight is 256 g/mol. The number of hydrogen-bond acceptors (Lipinski definition) is 3. The van der Waals surface area contributed by atoms with E-state index in [0.29, 0.717) is 6.42 Å². The summed E-state index contributed by atoms with van der Waals surface area (Å²) in [5.74, 6) is 0.958. The lowest BCUT2D eigenvalue weighted by Crippen LogP contribution is -2.30. The number of nitrogens with zero attached hydrogens (tertiary/aromatic N) is 1. The van der Waals surface area contributed by atoms with Crippen LogP contribution < -0.4 is 10.2 Å². The molecular formula is C15H16N2O2. The number of ether oxygens (including phenoxy) is 1. The van der Waals surface area contributed by atoms with Crippen LogP contribution in [0.5, 0.6) is 5.75 Å².